The first kappa shape index (κ1) is 20.4. The van der Waals surface area contributed by atoms with E-state index in [9.17, 15) is 13.2 Å². The first-order valence-electron chi connectivity index (χ1n) is 9.17. The van der Waals surface area contributed by atoms with Crippen LogP contribution in [0, 0.1) is 0 Å². The summed E-state index contributed by atoms with van der Waals surface area (Å²) in [5, 5.41) is 3.57. The highest BCUT2D eigenvalue weighted by Crippen LogP contribution is 2.36. The largest absolute Gasteiger partial charge is 0.497 e. The fourth-order valence-corrected chi connectivity index (χ4v) is 3.04. The van der Waals surface area contributed by atoms with Gasteiger partial charge < -0.3 is 14.8 Å². The van der Waals surface area contributed by atoms with Crippen LogP contribution in [0.5, 0.6) is 11.5 Å². The molecule has 0 saturated carbocycles. The molecule has 0 amide bonds. The Balaban J connectivity index is 1.88. The average molecular weight is 426 g/mol. The van der Waals surface area contributed by atoms with Gasteiger partial charge in [0.05, 0.1) is 25.3 Å². The van der Waals surface area contributed by atoms with Crippen molar-refractivity contribution >= 4 is 22.4 Å². The van der Waals surface area contributed by atoms with E-state index in [1.54, 1.807) is 42.7 Å². The summed E-state index contributed by atoms with van der Waals surface area (Å²) < 4.78 is 50.3. The van der Waals surface area contributed by atoms with Gasteiger partial charge in [0.25, 0.3) is 0 Å². The predicted molar refractivity (Wildman–Crippen MR) is 111 cm³/mol. The van der Waals surface area contributed by atoms with Gasteiger partial charge in [-0.15, -0.1) is 0 Å². The summed E-state index contributed by atoms with van der Waals surface area (Å²) >= 11 is 0. The van der Waals surface area contributed by atoms with Crippen LogP contribution in [0.2, 0.25) is 0 Å². The predicted octanol–water partition coefficient (Wildman–Crippen LogP) is 5.47. The third kappa shape index (κ3) is 4.35. The maximum Gasteiger partial charge on any atom is 0.416 e. The summed E-state index contributed by atoms with van der Waals surface area (Å²) in [6.45, 7) is 0. The van der Waals surface area contributed by atoms with Crippen LogP contribution >= 0.6 is 0 Å². The van der Waals surface area contributed by atoms with Crippen LogP contribution < -0.4 is 14.8 Å². The van der Waals surface area contributed by atoms with Gasteiger partial charge in [-0.05, 0) is 42.5 Å². The van der Waals surface area contributed by atoms with Crippen LogP contribution in [0.1, 0.15) is 5.56 Å². The molecule has 0 aliphatic rings. The first-order chi connectivity index (χ1) is 14.9. The number of ether oxygens (including phenoxy) is 2. The summed E-state index contributed by atoms with van der Waals surface area (Å²) in [6, 6.07) is 12.2. The van der Waals surface area contributed by atoms with Gasteiger partial charge in [0, 0.05) is 35.1 Å². The first-order valence-corrected chi connectivity index (χ1v) is 9.17. The molecule has 0 saturated heterocycles. The fraction of sp³-hybridized carbons (Fsp3) is 0.136. The minimum atomic E-state index is -4.53. The molecule has 4 aromatic rings. The van der Waals surface area contributed by atoms with Crippen molar-refractivity contribution in [2.45, 2.75) is 6.18 Å². The van der Waals surface area contributed by atoms with Crippen molar-refractivity contribution in [1.29, 1.82) is 0 Å². The number of rotatable bonds is 5. The normalized spacial score (nSPS) is 11.4. The van der Waals surface area contributed by atoms with Gasteiger partial charge in [-0.3, -0.25) is 4.98 Å². The molecule has 2 aromatic heterocycles. The van der Waals surface area contributed by atoms with Gasteiger partial charge in [-0.2, -0.15) is 13.2 Å². The van der Waals surface area contributed by atoms with E-state index >= 15 is 0 Å². The molecule has 0 fully saturated rings. The Kier molecular flexibility index (Phi) is 5.33. The van der Waals surface area contributed by atoms with Crippen molar-refractivity contribution < 1.29 is 22.6 Å². The summed E-state index contributed by atoms with van der Waals surface area (Å²) in [5.74, 6) is 1.34. The monoisotopic (exact) mass is 426 g/mol. The van der Waals surface area contributed by atoms with Crippen LogP contribution in [0.4, 0.5) is 24.7 Å². The Morgan fingerprint density at radius 3 is 2.39 bits per heavy atom. The van der Waals surface area contributed by atoms with E-state index in [1.807, 2.05) is 0 Å². The fourth-order valence-electron chi connectivity index (χ4n) is 3.04. The average Bonchev–Trinajstić information content (AvgIpc) is 2.78. The Hall–Kier alpha value is -3.88. The van der Waals surface area contributed by atoms with Crippen LogP contribution in [-0.4, -0.2) is 29.2 Å². The minimum absolute atomic E-state index is 0.0701. The molecule has 158 valence electrons. The van der Waals surface area contributed by atoms with E-state index < -0.39 is 11.7 Å². The van der Waals surface area contributed by atoms with Gasteiger partial charge >= 0.3 is 6.18 Å². The van der Waals surface area contributed by atoms with Crippen molar-refractivity contribution in [2.75, 3.05) is 19.5 Å². The Morgan fingerprint density at radius 1 is 0.903 bits per heavy atom. The molecule has 2 heterocycles. The molecule has 4 rings (SSSR count). The topological polar surface area (TPSA) is 69.2 Å². The number of hydrogen-bond donors (Lipinski definition) is 1. The molecule has 6 nitrogen and oxygen atoms in total. The van der Waals surface area contributed by atoms with E-state index in [4.69, 9.17) is 9.47 Å². The van der Waals surface area contributed by atoms with Gasteiger partial charge in [0.15, 0.2) is 5.82 Å². The number of hydrogen-bond acceptors (Lipinski definition) is 6. The zero-order valence-corrected chi connectivity index (χ0v) is 16.6. The number of aromatic nitrogens is 3. The standard InChI is InChI=1S/C22H17F3N4O2/c1-30-16-5-6-19-18(11-16)21(29-20(28-19)13-4-3-7-26-12-13)27-15-8-14(22(23,24)25)9-17(10-15)31-2/h3-12H,1-2H3,(H,27,28,29). The molecule has 0 radical (unpaired) electrons. The molecule has 1 N–H and O–H groups in total. The Bertz CT molecular complexity index is 1230. The second-order valence-corrected chi connectivity index (χ2v) is 6.59. The van der Waals surface area contributed by atoms with Gasteiger partial charge in [-0.1, -0.05) is 0 Å². The number of nitrogens with one attached hydrogen (secondary N) is 1. The lowest BCUT2D eigenvalue weighted by Gasteiger charge is -2.15. The van der Waals surface area contributed by atoms with Gasteiger partial charge in [0.2, 0.25) is 0 Å². The number of methoxy groups -OCH3 is 2. The number of fused-ring (bicyclic) bond motifs is 1. The molecule has 0 atom stereocenters. The second kappa shape index (κ2) is 8.10. The molecular formula is C22H17F3N4O2. The smallest absolute Gasteiger partial charge is 0.416 e. The second-order valence-electron chi connectivity index (χ2n) is 6.59. The van der Waals surface area contributed by atoms with E-state index in [1.165, 1.54) is 20.3 Å². The zero-order chi connectivity index (χ0) is 22.0. The highest BCUT2D eigenvalue weighted by Gasteiger charge is 2.31. The number of alkyl halides is 3. The van der Waals surface area contributed by atoms with Crippen molar-refractivity contribution in [2.24, 2.45) is 0 Å². The SMILES string of the molecule is COc1cc(Nc2nc(-c3cccnc3)nc3ccc(OC)cc23)cc(C(F)(F)F)c1. The maximum atomic E-state index is 13.3. The molecule has 31 heavy (non-hydrogen) atoms. The van der Waals surface area contributed by atoms with E-state index in [-0.39, 0.29) is 11.4 Å². The summed E-state index contributed by atoms with van der Waals surface area (Å²) in [4.78, 5) is 13.2. The number of halogens is 3. The van der Waals surface area contributed by atoms with Gasteiger partial charge in [-0.25, -0.2) is 9.97 Å². The summed E-state index contributed by atoms with van der Waals surface area (Å²) in [7, 11) is 2.83. The highest BCUT2D eigenvalue weighted by atomic mass is 19.4. The summed E-state index contributed by atoms with van der Waals surface area (Å²) in [6.07, 6.45) is -1.28. The van der Waals surface area contributed by atoms with Crippen molar-refractivity contribution in [1.82, 2.24) is 15.0 Å². The third-order valence-electron chi connectivity index (χ3n) is 4.55. The molecule has 0 spiro atoms. The molecule has 2 aromatic carbocycles. The molecule has 0 unspecified atom stereocenters. The van der Waals surface area contributed by atoms with Crippen LogP contribution in [0.25, 0.3) is 22.3 Å². The molecule has 0 aliphatic carbocycles. The lowest BCUT2D eigenvalue weighted by molar-refractivity contribution is -0.137. The third-order valence-corrected chi connectivity index (χ3v) is 4.55. The van der Waals surface area contributed by atoms with E-state index in [2.05, 4.69) is 20.3 Å². The van der Waals surface area contributed by atoms with Crippen LogP contribution in [-0.2, 0) is 6.18 Å². The molecule has 0 bridgehead atoms. The van der Waals surface area contributed by atoms with Crippen molar-refractivity contribution in [3.63, 3.8) is 0 Å². The van der Waals surface area contributed by atoms with E-state index in [0.29, 0.717) is 33.9 Å². The number of anilines is 2. The maximum absolute atomic E-state index is 13.3. The lowest BCUT2D eigenvalue weighted by atomic mass is 10.1. The van der Waals surface area contributed by atoms with Crippen LogP contribution in [0.3, 0.4) is 0 Å². The van der Waals surface area contributed by atoms with E-state index in [0.717, 1.165) is 12.1 Å². The lowest BCUT2D eigenvalue weighted by Crippen LogP contribution is -2.07. The molecular weight excluding hydrogens is 409 g/mol. The number of nitrogens with zero attached hydrogens (tertiary/aromatic N) is 3. The Morgan fingerprint density at radius 2 is 1.71 bits per heavy atom. The zero-order valence-electron chi connectivity index (χ0n) is 16.6. The molecule has 9 heteroatoms. The number of benzene rings is 2. The van der Waals surface area contributed by atoms with Gasteiger partial charge in [0.1, 0.15) is 17.3 Å². The highest BCUT2D eigenvalue weighted by molar-refractivity contribution is 5.93. The van der Waals surface area contributed by atoms with Crippen molar-refractivity contribution in [3.05, 3.63) is 66.5 Å². The quantitative estimate of drug-likeness (QED) is 0.456. The Labute approximate surface area is 175 Å². The van der Waals surface area contributed by atoms with Crippen molar-refractivity contribution in [3.8, 4) is 22.9 Å². The molecule has 0 aliphatic heterocycles. The summed E-state index contributed by atoms with van der Waals surface area (Å²) in [5.41, 5.74) is 0.602. The van der Waals surface area contributed by atoms with Crippen LogP contribution in [0.15, 0.2) is 60.9 Å². The minimum Gasteiger partial charge on any atom is -0.497 e. The number of pyridine rings is 1.